The molecule has 0 radical (unpaired) electrons. The van der Waals surface area contributed by atoms with Crippen molar-refractivity contribution >= 4 is 5.71 Å². The van der Waals surface area contributed by atoms with Crippen LogP contribution < -0.4 is 5.32 Å². The lowest BCUT2D eigenvalue weighted by atomic mass is 10.3. The number of rotatable bonds is 3. The molecule has 0 heterocycles. The first-order chi connectivity index (χ1) is 4.22. The summed E-state index contributed by atoms with van der Waals surface area (Å²) < 4.78 is 0. The Balaban J connectivity index is 3.86. The molecule has 0 aromatic carbocycles. The number of hydrogen-bond donors (Lipinski definition) is 1. The van der Waals surface area contributed by atoms with Crippen LogP contribution in [-0.4, -0.2) is 19.3 Å². The Hall–Kier alpha value is -0.790. The molecule has 2 heteroatoms. The Morgan fingerprint density at radius 1 is 1.67 bits per heavy atom. The molecule has 2 nitrogen and oxygen atoms in total. The van der Waals surface area contributed by atoms with Gasteiger partial charge in [-0.2, -0.15) is 0 Å². The van der Waals surface area contributed by atoms with Crippen LogP contribution in [0, 0.1) is 0 Å². The monoisotopic (exact) mass is 126 g/mol. The number of hydrogen-bond acceptors (Lipinski definition) is 2. The molecule has 0 atom stereocenters. The summed E-state index contributed by atoms with van der Waals surface area (Å²) >= 11 is 0. The lowest BCUT2D eigenvalue weighted by molar-refractivity contribution is 1.04. The van der Waals surface area contributed by atoms with E-state index in [1.54, 1.807) is 0 Å². The highest BCUT2D eigenvalue weighted by atomic mass is 14.9. The quantitative estimate of drug-likeness (QED) is 0.564. The second kappa shape index (κ2) is 4.13. The molecule has 0 spiro atoms. The second-order valence-electron chi connectivity index (χ2n) is 1.79. The van der Waals surface area contributed by atoms with Gasteiger partial charge < -0.3 is 5.32 Å². The Morgan fingerprint density at radius 2 is 2.22 bits per heavy atom. The molecule has 0 saturated heterocycles. The molecule has 0 saturated carbocycles. The molecule has 0 aliphatic rings. The molecule has 0 amide bonds. The topological polar surface area (TPSA) is 24.4 Å². The van der Waals surface area contributed by atoms with Crippen LogP contribution in [0.3, 0.4) is 0 Å². The molecular weight excluding hydrogens is 112 g/mol. The number of nitrogens with one attached hydrogen (secondary N) is 1. The fraction of sp³-hybridized carbons (Fsp3) is 0.571. The standard InChI is InChI=1S/C7H14N2/c1-5-9-7(3)6(2)8-4/h8H,2,5H2,1,3-4H3. The third-order valence-corrected chi connectivity index (χ3v) is 1.13. The van der Waals surface area contributed by atoms with E-state index in [0.29, 0.717) is 0 Å². The van der Waals surface area contributed by atoms with E-state index < -0.39 is 0 Å². The maximum atomic E-state index is 4.15. The summed E-state index contributed by atoms with van der Waals surface area (Å²) in [5.74, 6) is 0. The molecule has 9 heavy (non-hydrogen) atoms. The van der Waals surface area contributed by atoms with E-state index >= 15 is 0 Å². The summed E-state index contributed by atoms with van der Waals surface area (Å²) in [7, 11) is 1.84. The molecule has 0 aliphatic heterocycles. The molecule has 52 valence electrons. The molecule has 0 bridgehead atoms. The van der Waals surface area contributed by atoms with Crippen LogP contribution in [0.5, 0.6) is 0 Å². The summed E-state index contributed by atoms with van der Waals surface area (Å²) in [5.41, 5.74) is 1.89. The zero-order chi connectivity index (χ0) is 7.28. The smallest absolute Gasteiger partial charge is 0.0542 e. The van der Waals surface area contributed by atoms with E-state index in [2.05, 4.69) is 16.9 Å². The Bertz CT molecular complexity index is 125. The maximum Gasteiger partial charge on any atom is 0.0542 e. The summed E-state index contributed by atoms with van der Waals surface area (Å²) in [6.45, 7) is 8.53. The molecule has 0 rings (SSSR count). The van der Waals surface area contributed by atoms with Crippen molar-refractivity contribution < 1.29 is 0 Å². The molecule has 0 fully saturated rings. The lowest BCUT2D eigenvalue weighted by Gasteiger charge is -2.01. The van der Waals surface area contributed by atoms with E-state index in [1.165, 1.54) is 0 Å². The van der Waals surface area contributed by atoms with Gasteiger partial charge in [0.2, 0.25) is 0 Å². The Kier molecular flexibility index (Phi) is 3.76. The minimum Gasteiger partial charge on any atom is -0.387 e. The molecule has 0 aromatic rings. The first-order valence-electron chi connectivity index (χ1n) is 3.10. The van der Waals surface area contributed by atoms with Crippen molar-refractivity contribution in [3.05, 3.63) is 12.3 Å². The number of aliphatic imine (C=N–C) groups is 1. The van der Waals surface area contributed by atoms with E-state index in [0.717, 1.165) is 18.0 Å². The zero-order valence-corrected chi connectivity index (χ0v) is 6.36. The van der Waals surface area contributed by atoms with Gasteiger partial charge in [0, 0.05) is 19.3 Å². The van der Waals surface area contributed by atoms with Gasteiger partial charge in [-0.15, -0.1) is 0 Å². The summed E-state index contributed by atoms with van der Waals surface area (Å²) in [5, 5.41) is 2.92. The second-order valence-corrected chi connectivity index (χ2v) is 1.79. The summed E-state index contributed by atoms with van der Waals surface area (Å²) in [6.07, 6.45) is 0. The van der Waals surface area contributed by atoms with Gasteiger partial charge in [-0.1, -0.05) is 6.58 Å². The van der Waals surface area contributed by atoms with Gasteiger partial charge >= 0.3 is 0 Å². The Labute approximate surface area is 56.7 Å². The van der Waals surface area contributed by atoms with Gasteiger partial charge in [0.1, 0.15) is 0 Å². The van der Waals surface area contributed by atoms with Crippen molar-refractivity contribution in [1.82, 2.24) is 5.32 Å². The van der Waals surface area contributed by atoms with E-state index in [4.69, 9.17) is 0 Å². The number of allylic oxidation sites excluding steroid dienone is 1. The summed E-state index contributed by atoms with van der Waals surface area (Å²) in [6, 6.07) is 0. The van der Waals surface area contributed by atoms with Crippen molar-refractivity contribution in [2.24, 2.45) is 4.99 Å². The molecular formula is C7H14N2. The third-order valence-electron chi connectivity index (χ3n) is 1.13. The Morgan fingerprint density at radius 3 is 2.56 bits per heavy atom. The fourth-order valence-corrected chi connectivity index (χ4v) is 0.514. The molecule has 0 unspecified atom stereocenters. The molecule has 0 aliphatic carbocycles. The molecule has 0 aromatic heterocycles. The van der Waals surface area contributed by atoms with Crippen LogP contribution in [0.2, 0.25) is 0 Å². The van der Waals surface area contributed by atoms with E-state index in [-0.39, 0.29) is 0 Å². The summed E-state index contributed by atoms with van der Waals surface area (Å²) in [4.78, 5) is 4.15. The third kappa shape index (κ3) is 2.90. The van der Waals surface area contributed by atoms with Gasteiger partial charge in [0.15, 0.2) is 0 Å². The SMILES string of the molecule is C=C(NC)C(C)=NCC. The predicted molar refractivity (Wildman–Crippen MR) is 41.8 cm³/mol. The average Bonchev–Trinajstić information content (AvgIpc) is 1.87. The molecule has 1 N–H and O–H groups in total. The fourth-order valence-electron chi connectivity index (χ4n) is 0.514. The van der Waals surface area contributed by atoms with Crippen LogP contribution in [-0.2, 0) is 0 Å². The van der Waals surface area contributed by atoms with Gasteiger partial charge in [-0.25, -0.2) is 0 Å². The van der Waals surface area contributed by atoms with Crippen molar-refractivity contribution in [2.75, 3.05) is 13.6 Å². The average molecular weight is 126 g/mol. The maximum absolute atomic E-state index is 4.15. The van der Waals surface area contributed by atoms with Gasteiger partial charge in [-0.05, 0) is 13.8 Å². The lowest BCUT2D eigenvalue weighted by Crippen LogP contribution is -2.12. The minimum atomic E-state index is 0.826. The highest BCUT2D eigenvalue weighted by Gasteiger charge is 1.90. The van der Waals surface area contributed by atoms with Gasteiger partial charge in [-0.3, -0.25) is 4.99 Å². The highest BCUT2D eigenvalue weighted by Crippen LogP contribution is 1.87. The zero-order valence-electron chi connectivity index (χ0n) is 6.36. The number of nitrogens with zero attached hydrogens (tertiary/aromatic N) is 1. The van der Waals surface area contributed by atoms with Crippen LogP contribution in [0.15, 0.2) is 17.3 Å². The van der Waals surface area contributed by atoms with Crippen molar-refractivity contribution in [3.8, 4) is 0 Å². The van der Waals surface area contributed by atoms with Gasteiger partial charge in [0.25, 0.3) is 0 Å². The van der Waals surface area contributed by atoms with Crippen LogP contribution in [0.4, 0.5) is 0 Å². The first-order valence-corrected chi connectivity index (χ1v) is 3.10. The van der Waals surface area contributed by atoms with E-state index in [9.17, 15) is 0 Å². The first kappa shape index (κ1) is 8.21. The van der Waals surface area contributed by atoms with Crippen LogP contribution in [0.1, 0.15) is 13.8 Å². The van der Waals surface area contributed by atoms with Crippen LogP contribution in [0.25, 0.3) is 0 Å². The van der Waals surface area contributed by atoms with E-state index in [1.807, 2.05) is 20.9 Å². The van der Waals surface area contributed by atoms with Crippen molar-refractivity contribution in [3.63, 3.8) is 0 Å². The van der Waals surface area contributed by atoms with Crippen molar-refractivity contribution in [2.45, 2.75) is 13.8 Å². The largest absolute Gasteiger partial charge is 0.387 e. The highest BCUT2D eigenvalue weighted by molar-refractivity contribution is 5.96. The predicted octanol–water partition coefficient (Wildman–Crippen LogP) is 1.20. The normalized spacial score (nSPS) is 11.2. The minimum absolute atomic E-state index is 0.826. The van der Waals surface area contributed by atoms with Crippen molar-refractivity contribution in [1.29, 1.82) is 0 Å². The van der Waals surface area contributed by atoms with Crippen LogP contribution >= 0.6 is 0 Å². The van der Waals surface area contributed by atoms with Gasteiger partial charge in [0.05, 0.1) is 5.71 Å².